The summed E-state index contributed by atoms with van der Waals surface area (Å²) in [6.07, 6.45) is 6.72. The van der Waals surface area contributed by atoms with Crippen LogP contribution in [0.4, 0.5) is 17.5 Å². The monoisotopic (exact) mass is 457 g/mol. The average molecular weight is 458 g/mol. The number of nitrogens with zero attached hydrogens (tertiary/aromatic N) is 3. The van der Waals surface area contributed by atoms with Gasteiger partial charge in [-0.3, -0.25) is 9.69 Å². The van der Waals surface area contributed by atoms with Gasteiger partial charge in [-0.25, -0.2) is 18.1 Å². The lowest BCUT2D eigenvalue weighted by Crippen LogP contribution is -2.42. The minimum absolute atomic E-state index is 0.0401. The number of hydrogen-bond donors (Lipinski definition) is 3. The standard InChI is InChI=1S/C22H27N5O4S/c1-14-3-2-4-18(14)27-19-17(22(9-10-22)20(27)29)13-23-21(26-19)25-15-5-7-16(8-6-15)32(30,31)24-11-12-28/h5-8,13-14,18,24,28H,2-4,9-12H2,1H3,(H,23,25,26)/t14-,18-/m1/s1. The molecule has 2 aliphatic carbocycles. The molecule has 1 amide bonds. The van der Waals surface area contributed by atoms with Crippen LogP contribution in [-0.2, 0) is 20.2 Å². The third kappa shape index (κ3) is 3.46. The number of rotatable bonds is 7. The molecule has 1 aliphatic heterocycles. The maximum absolute atomic E-state index is 13.3. The summed E-state index contributed by atoms with van der Waals surface area (Å²) in [5, 5.41) is 12.0. The average Bonchev–Trinajstić information content (AvgIpc) is 3.43. The van der Waals surface area contributed by atoms with Gasteiger partial charge in [-0.05, 0) is 55.9 Å². The van der Waals surface area contributed by atoms with E-state index in [1.165, 1.54) is 12.1 Å². The number of carbonyl (C=O) groups excluding carboxylic acids is 1. The normalized spacial score (nSPS) is 23.6. The summed E-state index contributed by atoms with van der Waals surface area (Å²) in [6, 6.07) is 6.40. The van der Waals surface area contributed by atoms with Crippen LogP contribution < -0.4 is 14.9 Å². The Balaban J connectivity index is 1.40. The van der Waals surface area contributed by atoms with Crippen molar-refractivity contribution in [3.63, 3.8) is 0 Å². The van der Waals surface area contributed by atoms with Crippen molar-refractivity contribution in [3.8, 4) is 0 Å². The van der Waals surface area contributed by atoms with Crippen LogP contribution in [0.5, 0.6) is 0 Å². The molecular formula is C22H27N5O4S. The molecule has 170 valence electrons. The molecule has 5 rings (SSSR count). The Labute approximate surface area is 187 Å². The summed E-state index contributed by atoms with van der Waals surface area (Å²) in [5.41, 5.74) is 1.15. The van der Waals surface area contributed by atoms with Crippen LogP contribution in [0, 0.1) is 5.92 Å². The molecule has 32 heavy (non-hydrogen) atoms. The van der Waals surface area contributed by atoms with E-state index in [1.807, 2.05) is 4.90 Å². The number of benzene rings is 1. The van der Waals surface area contributed by atoms with Gasteiger partial charge in [0, 0.05) is 30.0 Å². The van der Waals surface area contributed by atoms with Crippen LogP contribution in [0.3, 0.4) is 0 Å². The van der Waals surface area contributed by atoms with Gasteiger partial charge in [0.1, 0.15) is 5.82 Å². The molecule has 10 heteroatoms. The van der Waals surface area contributed by atoms with Crippen LogP contribution in [0.25, 0.3) is 0 Å². The fraction of sp³-hybridized carbons (Fsp3) is 0.500. The van der Waals surface area contributed by atoms with Crippen LogP contribution in [0.2, 0.25) is 0 Å². The van der Waals surface area contributed by atoms with Crippen molar-refractivity contribution in [2.75, 3.05) is 23.4 Å². The number of aliphatic hydroxyl groups excluding tert-OH is 1. The second kappa shape index (κ2) is 7.79. The number of aliphatic hydroxyl groups is 1. The van der Waals surface area contributed by atoms with E-state index in [-0.39, 0.29) is 30.0 Å². The molecule has 1 spiro atoms. The largest absolute Gasteiger partial charge is 0.395 e. The van der Waals surface area contributed by atoms with E-state index >= 15 is 0 Å². The predicted octanol–water partition coefficient (Wildman–Crippen LogP) is 2.06. The summed E-state index contributed by atoms with van der Waals surface area (Å²) >= 11 is 0. The molecule has 2 heterocycles. The lowest BCUT2D eigenvalue weighted by atomic mass is 10.0. The number of aromatic nitrogens is 2. The highest BCUT2D eigenvalue weighted by atomic mass is 32.2. The quantitative estimate of drug-likeness (QED) is 0.581. The molecule has 2 atom stereocenters. The van der Waals surface area contributed by atoms with Gasteiger partial charge in [-0.2, -0.15) is 4.98 Å². The number of carbonyl (C=O) groups is 1. The number of fused-ring (bicyclic) bond motifs is 2. The molecule has 1 aromatic heterocycles. The third-order valence-corrected chi connectivity index (χ3v) is 8.34. The van der Waals surface area contributed by atoms with E-state index in [1.54, 1.807) is 18.3 Å². The highest BCUT2D eigenvalue weighted by Gasteiger charge is 2.61. The summed E-state index contributed by atoms with van der Waals surface area (Å²) in [5.74, 6) is 1.71. The van der Waals surface area contributed by atoms with Crippen molar-refractivity contribution in [3.05, 3.63) is 36.0 Å². The molecule has 0 bridgehead atoms. The van der Waals surface area contributed by atoms with Gasteiger partial charge in [0.2, 0.25) is 21.9 Å². The van der Waals surface area contributed by atoms with Gasteiger partial charge in [0.05, 0.1) is 16.9 Å². The minimum Gasteiger partial charge on any atom is -0.395 e. The first kappa shape index (κ1) is 21.3. The molecule has 2 fully saturated rings. The minimum atomic E-state index is -3.67. The molecule has 1 aromatic carbocycles. The second-order valence-corrected chi connectivity index (χ2v) is 10.7. The van der Waals surface area contributed by atoms with Gasteiger partial charge in [0.25, 0.3) is 0 Å². The molecule has 2 saturated carbocycles. The summed E-state index contributed by atoms with van der Waals surface area (Å²) in [6.45, 7) is 1.89. The zero-order chi connectivity index (χ0) is 22.5. The fourth-order valence-electron chi connectivity index (χ4n) is 4.93. The Morgan fingerprint density at radius 3 is 2.59 bits per heavy atom. The van der Waals surface area contributed by atoms with Crippen molar-refractivity contribution in [2.45, 2.75) is 55.4 Å². The van der Waals surface area contributed by atoms with Gasteiger partial charge in [-0.1, -0.05) is 13.3 Å². The van der Waals surface area contributed by atoms with Crippen molar-refractivity contribution in [2.24, 2.45) is 5.92 Å². The number of nitrogens with one attached hydrogen (secondary N) is 2. The highest BCUT2D eigenvalue weighted by molar-refractivity contribution is 7.89. The summed E-state index contributed by atoms with van der Waals surface area (Å²) in [7, 11) is -3.67. The maximum atomic E-state index is 13.3. The number of sulfonamides is 1. The third-order valence-electron chi connectivity index (χ3n) is 6.86. The Hall–Kier alpha value is -2.56. The summed E-state index contributed by atoms with van der Waals surface area (Å²) < 4.78 is 26.7. The Kier molecular flexibility index (Phi) is 5.18. The van der Waals surface area contributed by atoms with Crippen molar-refractivity contribution < 1.29 is 18.3 Å². The first-order chi connectivity index (χ1) is 15.4. The highest BCUT2D eigenvalue weighted by Crippen LogP contribution is 2.58. The first-order valence-electron chi connectivity index (χ1n) is 11.0. The van der Waals surface area contributed by atoms with Crippen LogP contribution in [0.1, 0.15) is 44.6 Å². The molecular weight excluding hydrogens is 430 g/mol. The Morgan fingerprint density at radius 1 is 1.22 bits per heavy atom. The predicted molar refractivity (Wildman–Crippen MR) is 119 cm³/mol. The lowest BCUT2D eigenvalue weighted by molar-refractivity contribution is -0.120. The fourth-order valence-corrected chi connectivity index (χ4v) is 5.95. The second-order valence-electron chi connectivity index (χ2n) is 8.93. The van der Waals surface area contributed by atoms with E-state index in [9.17, 15) is 13.2 Å². The molecule has 9 nitrogen and oxygen atoms in total. The lowest BCUT2D eigenvalue weighted by Gasteiger charge is -2.28. The molecule has 3 aliphatic rings. The van der Waals surface area contributed by atoms with Crippen LogP contribution in [-0.4, -0.2) is 48.6 Å². The van der Waals surface area contributed by atoms with Gasteiger partial charge in [-0.15, -0.1) is 0 Å². The van der Waals surface area contributed by atoms with E-state index in [4.69, 9.17) is 10.1 Å². The van der Waals surface area contributed by atoms with Gasteiger partial charge >= 0.3 is 0 Å². The van der Waals surface area contributed by atoms with E-state index in [0.717, 1.165) is 43.5 Å². The van der Waals surface area contributed by atoms with Crippen LogP contribution >= 0.6 is 0 Å². The van der Waals surface area contributed by atoms with Crippen molar-refractivity contribution in [1.82, 2.24) is 14.7 Å². The smallest absolute Gasteiger partial charge is 0.240 e. The number of anilines is 3. The zero-order valence-electron chi connectivity index (χ0n) is 17.9. The molecule has 3 N–H and O–H groups in total. The molecule has 0 saturated heterocycles. The van der Waals surface area contributed by atoms with Crippen molar-refractivity contribution >= 4 is 33.4 Å². The Morgan fingerprint density at radius 2 is 1.97 bits per heavy atom. The molecule has 0 unspecified atom stereocenters. The maximum Gasteiger partial charge on any atom is 0.240 e. The zero-order valence-corrected chi connectivity index (χ0v) is 18.7. The van der Waals surface area contributed by atoms with Crippen molar-refractivity contribution in [1.29, 1.82) is 0 Å². The van der Waals surface area contributed by atoms with E-state index < -0.39 is 15.4 Å². The van der Waals surface area contributed by atoms with Crippen LogP contribution in [0.15, 0.2) is 35.4 Å². The van der Waals surface area contributed by atoms with Gasteiger partial charge in [0.15, 0.2) is 0 Å². The molecule has 0 radical (unpaired) electrons. The van der Waals surface area contributed by atoms with E-state index in [2.05, 4.69) is 21.9 Å². The van der Waals surface area contributed by atoms with Gasteiger partial charge < -0.3 is 10.4 Å². The number of hydrogen-bond acceptors (Lipinski definition) is 7. The first-order valence-corrected chi connectivity index (χ1v) is 12.5. The van der Waals surface area contributed by atoms with E-state index in [0.29, 0.717) is 17.6 Å². The summed E-state index contributed by atoms with van der Waals surface area (Å²) in [4.78, 5) is 24.5. The SMILES string of the molecule is C[C@@H]1CCC[C@H]1N1C(=O)C2(CC2)c2cnc(Nc3ccc(S(=O)(=O)NCCO)cc3)nc21. The Bertz CT molecular complexity index is 1150. The molecule has 2 aromatic rings. The number of amides is 1. The topological polar surface area (TPSA) is 125 Å².